The van der Waals surface area contributed by atoms with Gasteiger partial charge in [-0.15, -0.1) is 0 Å². The number of hydrogen-bond donors (Lipinski definition) is 1. The number of nitrogens with zero attached hydrogens (tertiary/aromatic N) is 2. The first-order valence-corrected chi connectivity index (χ1v) is 8.80. The molecule has 2 aromatic carbocycles. The first-order chi connectivity index (χ1) is 12.6. The predicted molar refractivity (Wildman–Crippen MR) is 104 cm³/mol. The highest BCUT2D eigenvalue weighted by molar-refractivity contribution is 9.10. The Bertz CT molecular complexity index is 1110. The second-order valence-corrected chi connectivity index (χ2v) is 6.71. The fraction of sp³-hybridized carbons (Fsp3) is 0.0500. The van der Waals surface area contributed by atoms with Crippen molar-refractivity contribution < 1.29 is 9.21 Å². The topological polar surface area (TPSA) is 68.0 Å². The molecule has 26 heavy (non-hydrogen) atoms. The number of anilines is 1. The molecule has 4 rings (SSSR count). The molecule has 0 bridgehead atoms. The van der Waals surface area contributed by atoms with Crippen molar-refractivity contribution >= 4 is 38.8 Å². The number of nitrogens with one attached hydrogen (secondary N) is 1. The Kier molecular flexibility index (Phi) is 4.26. The van der Waals surface area contributed by atoms with Crippen molar-refractivity contribution in [2.75, 3.05) is 5.32 Å². The molecule has 2 heterocycles. The average Bonchev–Trinajstić information content (AvgIpc) is 3.05. The number of aryl methyl sites for hydroxylation is 1. The van der Waals surface area contributed by atoms with Gasteiger partial charge in [0.25, 0.3) is 5.91 Å². The quantitative estimate of drug-likeness (QED) is 0.505. The summed E-state index contributed by atoms with van der Waals surface area (Å²) in [5, 5.41) is 2.89. The Morgan fingerprint density at radius 1 is 1.04 bits per heavy atom. The van der Waals surface area contributed by atoms with E-state index >= 15 is 0 Å². The van der Waals surface area contributed by atoms with E-state index in [4.69, 9.17) is 4.42 Å². The van der Waals surface area contributed by atoms with Gasteiger partial charge in [-0.25, -0.2) is 9.97 Å². The number of halogens is 1. The summed E-state index contributed by atoms with van der Waals surface area (Å²) >= 11 is 3.37. The highest BCUT2D eigenvalue weighted by Gasteiger charge is 2.14. The van der Waals surface area contributed by atoms with E-state index in [0.29, 0.717) is 34.1 Å². The molecule has 2 aromatic heterocycles. The predicted octanol–water partition coefficient (Wildman–Crippen LogP) is 5.21. The zero-order valence-corrected chi connectivity index (χ0v) is 15.4. The molecule has 1 N–H and O–H groups in total. The molecule has 4 aromatic rings. The van der Waals surface area contributed by atoms with Gasteiger partial charge in [0.2, 0.25) is 11.6 Å². The lowest BCUT2D eigenvalue weighted by Gasteiger charge is -2.07. The number of benzene rings is 2. The maximum Gasteiger partial charge on any atom is 0.255 e. The van der Waals surface area contributed by atoms with Crippen molar-refractivity contribution in [2.24, 2.45) is 0 Å². The molecule has 1 amide bonds. The van der Waals surface area contributed by atoms with Crippen molar-refractivity contribution in [3.63, 3.8) is 0 Å². The SMILES string of the molecule is Cc1nc2oc(-c3ccccc3)nc2cc1NC(=O)c1cccc(Br)c1. The lowest BCUT2D eigenvalue weighted by molar-refractivity contribution is 0.102. The molecule has 0 aliphatic rings. The molecule has 0 aliphatic carbocycles. The van der Waals surface area contributed by atoms with Crippen LogP contribution in [0, 0.1) is 6.92 Å². The van der Waals surface area contributed by atoms with E-state index in [1.165, 1.54) is 0 Å². The van der Waals surface area contributed by atoms with E-state index in [-0.39, 0.29) is 5.91 Å². The lowest BCUT2D eigenvalue weighted by Crippen LogP contribution is -2.13. The van der Waals surface area contributed by atoms with E-state index in [1.54, 1.807) is 18.2 Å². The Morgan fingerprint density at radius 2 is 1.85 bits per heavy atom. The molecule has 0 atom stereocenters. The van der Waals surface area contributed by atoms with Gasteiger partial charge in [0.15, 0.2) is 0 Å². The first-order valence-electron chi connectivity index (χ1n) is 8.01. The Morgan fingerprint density at radius 3 is 2.62 bits per heavy atom. The zero-order valence-electron chi connectivity index (χ0n) is 13.9. The second-order valence-electron chi connectivity index (χ2n) is 5.80. The van der Waals surface area contributed by atoms with Gasteiger partial charge in [-0.05, 0) is 43.3 Å². The maximum atomic E-state index is 12.5. The molecule has 6 heteroatoms. The van der Waals surface area contributed by atoms with E-state index in [9.17, 15) is 4.79 Å². The molecule has 0 aliphatic heterocycles. The maximum absolute atomic E-state index is 12.5. The molecule has 0 saturated carbocycles. The highest BCUT2D eigenvalue weighted by atomic mass is 79.9. The third-order valence-corrected chi connectivity index (χ3v) is 4.42. The number of fused-ring (bicyclic) bond motifs is 1. The smallest absolute Gasteiger partial charge is 0.255 e. The van der Waals surface area contributed by atoms with Crippen LogP contribution in [0.2, 0.25) is 0 Å². The molecule has 0 radical (unpaired) electrons. The number of carbonyl (C=O) groups is 1. The zero-order chi connectivity index (χ0) is 18.1. The number of carbonyl (C=O) groups excluding carboxylic acids is 1. The average molecular weight is 408 g/mol. The Hall–Kier alpha value is -2.99. The molecule has 0 saturated heterocycles. The highest BCUT2D eigenvalue weighted by Crippen LogP contribution is 2.26. The number of rotatable bonds is 3. The summed E-state index contributed by atoms with van der Waals surface area (Å²) in [6, 6.07) is 18.6. The van der Waals surface area contributed by atoms with Gasteiger partial charge >= 0.3 is 0 Å². The third kappa shape index (κ3) is 3.23. The van der Waals surface area contributed by atoms with Crippen LogP contribution in [0.1, 0.15) is 16.1 Å². The summed E-state index contributed by atoms with van der Waals surface area (Å²) in [4.78, 5) is 21.4. The van der Waals surface area contributed by atoms with Crippen molar-refractivity contribution in [2.45, 2.75) is 6.92 Å². The van der Waals surface area contributed by atoms with Crippen LogP contribution >= 0.6 is 15.9 Å². The van der Waals surface area contributed by atoms with Crippen LogP contribution in [0.15, 0.2) is 69.6 Å². The number of oxazole rings is 1. The fourth-order valence-electron chi connectivity index (χ4n) is 2.61. The van der Waals surface area contributed by atoms with Crippen LogP contribution in [0.25, 0.3) is 22.7 Å². The molecular formula is C20H14BrN3O2. The lowest BCUT2D eigenvalue weighted by atomic mass is 10.2. The summed E-state index contributed by atoms with van der Waals surface area (Å²) in [5.74, 6) is 0.297. The monoisotopic (exact) mass is 407 g/mol. The second kappa shape index (κ2) is 6.72. The van der Waals surface area contributed by atoms with Crippen molar-refractivity contribution in [3.8, 4) is 11.5 Å². The number of pyridine rings is 1. The first kappa shape index (κ1) is 16.5. The summed E-state index contributed by atoms with van der Waals surface area (Å²) in [6.07, 6.45) is 0. The number of aromatic nitrogens is 2. The summed E-state index contributed by atoms with van der Waals surface area (Å²) in [5.41, 5.74) is 3.75. The number of hydrogen-bond acceptors (Lipinski definition) is 4. The molecule has 128 valence electrons. The van der Waals surface area contributed by atoms with Crippen LogP contribution in [-0.4, -0.2) is 15.9 Å². The minimum absolute atomic E-state index is 0.206. The van der Waals surface area contributed by atoms with Gasteiger partial charge < -0.3 is 9.73 Å². The largest absolute Gasteiger partial charge is 0.418 e. The van der Waals surface area contributed by atoms with E-state index < -0.39 is 0 Å². The van der Waals surface area contributed by atoms with Crippen molar-refractivity contribution in [1.29, 1.82) is 0 Å². The van der Waals surface area contributed by atoms with Gasteiger partial charge in [0.05, 0.1) is 11.4 Å². The molecule has 0 unspecified atom stereocenters. The van der Waals surface area contributed by atoms with E-state index in [0.717, 1.165) is 10.0 Å². The van der Waals surface area contributed by atoms with Crippen LogP contribution in [0.5, 0.6) is 0 Å². The summed E-state index contributed by atoms with van der Waals surface area (Å²) in [7, 11) is 0. The molecule has 0 fully saturated rings. The van der Waals surface area contributed by atoms with Crippen LogP contribution < -0.4 is 5.32 Å². The third-order valence-electron chi connectivity index (χ3n) is 3.93. The van der Waals surface area contributed by atoms with E-state index in [1.807, 2.05) is 49.4 Å². The minimum atomic E-state index is -0.206. The van der Waals surface area contributed by atoms with Crippen LogP contribution in [0.4, 0.5) is 5.69 Å². The Balaban J connectivity index is 1.67. The van der Waals surface area contributed by atoms with Gasteiger partial charge in [-0.1, -0.05) is 40.2 Å². The fourth-order valence-corrected chi connectivity index (χ4v) is 3.01. The normalized spacial score (nSPS) is 10.8. The van der Waals surface area contributed by atoms with Gasteiger partial charge in [0, 0.05) is 15.6 Å². The standard InChI is InChI=1S/C20H14BrN3O2/c1-12-16(23-18(25)14-8-5-9-15(21)10-14)11-17-20(22-12)26-19(24-17)13-6-3-2-4-7-13/h2-11H,1H3,(H,23,25). The minimum Gasteiger partial charge on any atom is -0.418 e. The molecular weight excluding hydrogens is 394 g/mol. The van der Waals surface area contributed by atoms with Gasteiger partial charge in [-0.2, -0.15) is 0 Å². The van der Waals surface area contributed by atoms with Crippen molar-refractivity contribution in [3.05, 3.63) is 76.4 Å². The molecule has 5 nitrogen and oxygen atoms in total. The van der Waals surface area contributed by atoms with E-state index in [2.05, 4.69) is 31.2 Å². The van der Waals surface area contributed by atoms with Crippen molar-refractivity contribution in [1.82, 2.24) is 9.97 Å². The van der Waals surface area contributed by atoms with Gasteiger partial charge in [0.1, 0.15) is 5.52 Å². The molecule has 0 spiro atoms. The van der Waals surface area contributed by atoms with Crippen LogP contribution in [0.3, 0.4) is 0 Å². The summed E-state index contributed by atoms with van der Waals surface area (Å²) in [6.45, 7) is 1.82. The van der Waals surface area contributed by atoms with Gasteiger partial charge in [-0.3, -0.25) is 4.79 Å². The van der Waals surface area contributed by atoms with Crippen LogP contribution in [-0.2, 0) is 0 Å². The summed E-state index contributed by atoms with van der Waals surface area (Å²) < 4.78 is 6.60. The number of amides is 1. The Labute approximate surface area is 158 Å².